The van der Waals surface area contributed by atoms with Gasteiger partial charge in [0.25, 0.3) is 0 Å². The number of rotatable bonds is 18. The first-order valence-electron chi connectivity index (χ1n) is 12.6. The quantitative estimate of drug-likeness (QED) is 0.168. The van der Waals surface area contributed by atoms with Crippen molar-refractivity contribution in [2.75, 3.05) is 13.1 Å². The number of amides is 2. The van der Waals surface area contributed by atoms with Gasteiger partial charge in [-0.05, 0) is 46.5 Å². The minimum atomic E-state index is -0.893. The number of aliphatic carboxylic acids is 1. The monoisotopic (exact) mass is 499 g/mol. The lowest BCUT2D eigenvalue weighted by molar-refractivity contribution is -0.138. The molecule has 0 aromatic carbocycles. The van der Waals surface area contributed by atoms with E-state index in [4.69, 9.17) is 0 Å². The zero-order chi connectivity index (χ0) is 24.7. The van der Waals surface area contributed by atoms with E-state index < -0.39 is 10.7 Å². The summed E-state index contributed by atoms with van der Waals surface area (Å²) in [7, 11) is 0. The van der Waals surface area contributed by atoms with Crippen LogP contribution < -0.4 is 5.32 Å². The summed E-state index contributed by atoms with van der Waals surface area (Å²) < 4.78 is -0.112. The van der Waals surface area contributed by atoms with E-state index in [1.807, 2.05) is 10.3 Å². The van der Waals surface area contributed by atoms with Crippen molar-refractivity contribution in [1.82, 2.24) is 15.2 Å². The fraction of sp³-hybridized carbons (Fsp3) is 0.800. The maximum atomic E-state index is 12.9. The van der Waals surface area contributed by atoms with E-state index in [-0.39, 0.29) is 12.1 Å². The summed E-state index contributed by atoms with van der Waals surface area (Å²) in [6.07, 6.45) is 12.1. The van der Waals surface area contributed by atoms with Gasteiger partial charge < -0.3 is 15.3 Å². The first-order valence-corrected chi connectivity index (χ1v) is 14.3. The SMILES string of the molecule is CCCCCCCN(CCCc1csc(SC(C)(C)C(=O)O)n1)C(=O)NC(C)CCCCC. The van der Waals surface area contributed by atoms with Gasteiger partial charge in [0.2, 0.25) is 0 Å². The Kier molecular flexibility index (Phi) is 14.8. The summed E-state index contributed by atoms with van der Waals surface area (Å²) in [4.78, 5) is 30.8. The largest absolute Gasteiger partial charge is 0.480 e. The molecule has 0 aliphatic heterocycles. The molecule has 0 bridgehead atoms. The molecule has 0 saturated heterocycles. The maximum absolute atomic E-state index is 12.9. The minimum Gasteiger partial charge on any atom is -0.480 e. The molecule has 8 heteroatoms. The Bertz CT molecular complexity index is 694. The normalized spacial score (nSPS) is 12.5. The average Bonchev–Trinajstić information content (AvgIpc) is 3.18. The lowest BCUT2D eigenvalue weighted by Gasteiger charge is -2.25. The van der Waals surface area contributed by atoms with Crippen LogP contribution in [0.2, 0.25) is 0 Å². The lowest BCUT2D eigenvalue weighted by Crippen LogP contribution is -2.44. The molecule has 0 fully saturated rings. The molecule has 0 saturated carbocycles. The molecular weight excluding hydrogens is 454 g/mol. The van der Waals surface area contributed by atoms with E-state index in [1.165, 1.54) is 55.2 Å². The summed E-state index contributed by atoms with van der Waals surface area (Å²) in [6.45, 7) is 11.4. The van der Waals surface area contributed by atoms with Gasteiger partial charge in [0.05, 0.1) is 5.69 Å². The standard InChI is InChI=1S/C25H45N3O3S2/c1-6-8-10-11-13-17-28(23(31)26-20(3)15-12-9-7-2)18-14-16-21-19-32-24(27-21)33-25(4,5)22(29)30/h19-20H,6-18H2,1-5H3,(H,26,31)(H,29,30). The van der Waals surface area contributed by atoms with Crippen molar-refractivity contribution in [3.63, 3.8) is 0 Å². The van der Waals surface area contributed by atoms with E-state index >= 15 is 0 Å². The van der Waals surface area contributed by atoms with Crippen LogP contribution in [0.3, 0.4) is 0 Å². The number of unbranched alkanes of at least 4 members (excludes halogenated alkanes) is 6. The van der Waals surface area contributed by atoms with Gasteiger partial charge in [-0.3, -0.25) is 4.79 Å². The number of nitrogens with one attached hydrogen (secondary N) is 1. The molecule has 0 spiro atoms. The fourth-order valence-electron chi connectivity index (χ4n) is 3.46. The van der Waals surface area contributed by atoms with Gasteiger partial charge in [-0.25, -0.2) is 9.78 Å². The summed E-state index contributed by atoms with van der Waals surface area (Å²) >= 11 is 2.78. The molecule has 33 heavy (non-hydrogen) atoms. The van der Waals surface area contributed by atoms with Crippen molar-refractivity contribution in [1.29, 1.82) is 0 Å². The van der Waals surface area contributed by atoms with Gasteiger partial charge in [0.1, 0.15) is 4.75 Å². The third kappa shape index (κ3) is 12.7. The van der Waals surface area contributed by atoms with E-state index in [1.54, 1.807) is 13.8 Å². The summed E-state index contributed by atoms with van der Waals surface area (Å²) in [5, 5.41) is 14.5. The maximum Gasteiger partial charge on any atom is 0.319 e. The summed E-state index contributed by atoms with van der Waals surface area (Å²) in [6, 6.07) is 0.245. The first kappa shape index (κ1) is 29.8. The highest BCUT2D eigenvalue weighted by Crippen LogP contribution is 2.34. The number of aromatic nitrogens is 1. The molecule has 2 N–H and O–H groups in total. The van der Waals surface area contributed by atoms with Crippen LogP contribution in [0.25, 0.3) is 0 Å². The van der Waals surface area contributed by atoms with Crippen molar-refractivity contribution in [3.8, 4) is 0 Å². The van der Waals surface area contributed by atoms with E-state index in [0.29, 0.717) is 6.54 Å². The number of carboxylic acids is 1. The number of carbonyl (C=O) groups is 2. The van der Waals surface area contributed by atoms with Gasteiger partial charge >= 0.3 is 12.0 Å². The second kappa shape index (κ2) is 16.4. The van der Waals surface area contributed by atoms with Crippen molar-refractivity contribution < 1.29 is 14.7 Å². The Morgan fingerprint density at radius 2 is 1.73 bits per heavy atom. The highest BCUT2D eigenvalue weighted by atomic mass is 32.2. The number of aryl methyl sites for hydroxylation is 1. The number of nitrogens with zero attached hydrogens (tertiary/aromatic N) is 2. The molecule has 190 valence electrons. The van der Waals surface area contributed by atoms with Crippen LogP contribution in [0, 0.1) is 0 Å². The third-order valence-corrected chi connectivity index (χ3v) is 7.85. The van der Waals surface area contributed by atoms with Crippen LogP contribution in [0.5, 0.6) is 0 Å². The van der Waals surface area contributed by atoms with Gasteiger partial charge in [0.15, 0.2) is 4.34 Å². The molecule has 1 aromatic rings. The van der Waals surface area contributed by atoms with Crippen LogP contribution in [0.1, 0.15) is 105 Å². The van der Waals surface area contributed by atoms with Gasteiger partial charge in [0, 0.05) is 24.5 Å². The molecule has 1 heterocycles. The highest BCUT2D eigenvalue weighted by Gasteiger charge is 2.29. The van der Waals surface area contributed by atoms with Crippen LogP contribution in [-0.2, 0) is 11.2 Å². The Morgan fingerprint density at radius 1 is 1.09 bits per heavy atom. The Hall–Kier alpha value is -1.28. The second-order valence-corrected chi connectivity index (χ2v) is 12.1. The van der Waals surface area contributed by atoms with Crippen molar-refractivity contribution in [2.24, 2.45) is 0 Å². The number of urea groups is 1. The predicted molar refractivity (Wildman–Crippen MR) is 140 cm³/mol. The molecule has 6 nitrogen and oxygen atoms in total. The summed E-state index contributed by atoms with van der Waals surface area (Å²) in [5.74, 6) is -0.839. The Labute approximate surface area is 209 Å². The molecule has 1 unspecified atom stereocenters. The van der Waals surface area contributed by atoms with Crippen LogP contribution in [0.4, 0.5) is 4.79 Å². The number of hydrogen-bond donors (Lipinski definition) is 2. The molecule has 0 aliphatic carbocycles. The van der Waals surface area contributed by atoms with Gasteiger partial charge in [-0.2, -0.15) is 0 Å². The Balaban J connectivity index is 2.57. The Morgan fingerprint density at radius 3 is 2.39 bits per heavy atom. The zero-order valence-electron chi connectivity index (χ0n) is 21.3. The van der Waals surface area contributed by atoms with E-state index in [2.05, 4.69) is 31.1 Å². The lowest BCUT2D eigenvalue weighted by atomic mass is 10.1. The number of carboxylic acid groups (broad SMARTS) is 1. The number of thioether (sulfide) groups is 1. The number of hydrogen-bond acceptors (Lipinski definition) is 5. The molecule has 2 amide bonds. The van der Waals surface area contributed by atoms with Crippen LogP contribution in [0.15, 0.2) is 9.72 Å². The summed E-state index contributed by atoms with van der Waals surface area (Å²) in [5.41, 5.74) is 0.972. The molecule has 0 aliphatic rings. The number of carbonyl (C=O) groups excluding carboxylic acids is 1. The van der Waals surface area contributed by atoms with Crippen molar-refractivity contribution >= 4 is 35.1 Å². The molecule has 1 aromatic heterocycles. The first-order chi connectivity index (χ1) is 15.7. The van der Waals surface area contributed by atoms with Gasteiger partial charge in [-0.1, -0.05) is 70.6 Å². The predicted octanol–water partition coefficient (Wildman–Crippen LogP) is 6.98. The van der Waals surface area contributed by atoms with E-state index in [0.717, 1.165) is 55.1 Å². The second-order valence-electron chi connectivity index (χ2n) is 9.37. The topological polar surface area (TPSA) is 82.5 Å². The zero-order valence-corrected chi connectivity index (χ0v) is 23.0. The number of thiazole rings is 1. The highest BCUT2D eigenvalue weighted by molar-refractivity contribution is 8.02. The smallest absolute Gasteiger partial charge is 0.319 e. The van der Waals surface area contributed by atoms with E-state index in [9.17, 15) is 14.7 Å². The molecule has 0 radical (unpaired) electrons. The van der Waals surface area contributed by atoms with Crippen LogP contribution >= 0.6 is 23.1 Å². The molecule has 1 atom stereocenters. The van der Waals surface area contributed by atoms with Crippen molar-refractivity contribution in [3.05, 3.63) is 11.1 Å². The molecular formula is C25H45N3O3S2. The van der Waals surface area contributed by atoms with Gasteiger partial charge in [-0.15, -0.1) is 11.3 Å². The molecule has 1 rings (SSSR count). The van der Waals surface area contributed by atoms with Crippen LogP contribution in [-0.4, -0.2) is 50.9 Å². The third-order valence-electron chi connectivity index (χ3n) is 5.68. The fourth-order valence-corrected chi connectivity index (χ4v) is 5.68. The van der Waals surface area contributed by atoms with Crippen molar-refractivity contribution in [2.45, 2.75) is 120 Å². The average molecular weight is 500 g/mol. The minimum absolute atomic E-state index is 0.0484.